The molecule has 0 aliphatic rings. The first-order valence-corrected chi connectivity index (χ1v) is 6.68. The molecule has 2 aromatic rings. The predicted molar refractivity (Wildman–Crippen MR) is 77.3 cm³/mol. The minimum absolute atomic E-state index is 0.357. The molecule has 0 saturated carbocycles. The van der Waals surface area contributed by atoms with E-state index in [-0.39, 0.29) is 6.10 Å². The highest BCUT2D eigenvalue weighted by atomic mass is 35.5. The van der Waals surface area contributed by atoms with Crippen molar-refractivity contribution in [3.8, 4) is 11.3 Å². The molecule has 2 rings (SSSR count). The molecule has 0 aliphatic heterocycles. The van der Waals surface area contributed by atoms with Crippen molar-refractivity contribution in [1.29, 1.82) is 0 Å². The Morgan fingerprint density at radius 3 is 2.84 bits per heavy atom. The summed E-state index contributed by atoms with van der Waals surface area (Å²) in [5.41, 5.74) is 2.02. The minimum atomic E-state index is -0.357. The molecule has 1 atom stereocenters. The van der Waals surface area contributed by atoms with Gasteiger partial charge in [0, 0.05) is 17.1 Å². The molecule has 4 heteroatoms. The van der Waals surface area contributed by atoms with Gasteiger partial charge in [0.05, 0.1) is 12.6 Å². The average Bonchev–Trinajstić information content (AvgIpc) is 2.81. The van der Waals surface area contributed by atoms with E-state index in [1.54, 1.807) is 6.92 Å². The van der Waals surface area contributed by atoms with Crippen molar-refractivity contribution in [2.45, 2.75) is 26.5 Å². The molecule has 1 heterocycles. The molecule has 0 aliphatic carbocycles. The third-order valence-electron chi connectivity index (χ3n) is 2.93. The molecule has 0 bridgehead atoms. The van der Waals surface area contributed by atoms with E-state index in [1.807, 2.05) is 37.3 Å². The van der Waals surface area contributed by atoms with Gasteiger partial charge in [0.15, 0.2) is 0 Å². The molecule has 0 amide bonds. The average molecular weight is 280 g/mol. The second kappa shape index (κ2) is 6.24. The smallest absolute Gasteiger partial charge is 0.134 e. The number of hydrogen-bond donors (Lipinski definition) is 2. The molecule has 0 fully saturated rings. The summed E-state index contributed by atoms with van der Waals surface area (Å²) in [7, 11) is 0. The largest absolute Gasteiger partial charge is 0.460 e. The fourth-order valence-electron chi connectivity index (χ4n) is 1.90. The first-order valence-electron chi connectivity index (χ1n) is 6.31. The van der Waals surface area contributed by atoms with Crippen LogP contribution in [-0.2, 0) is 6.54 Å². The van der Waals surface area contributed by atoms with Gasteiger partial charge in [-0.15, -0.1) is 0 Å². The van der Waals surface area contributed by atoms with Crippen molar-refractivity contribution < 1.29 is 9.52 Å². The summed E-state index contributed by atoms with van der Waals surface area (Å²) in [6.45, 7) is 4.87. The number of nitrogens with one attached hydrogen (secondary N) is 1. The number of aliphatic hydroxyl groups excluding tert-OH is 1. The predicted octanol–water partition coefficient (Wildman–Crippen LogP) is 3.38. The minimum Gasteiger partial charge on any atom is -0.460 e. The maximum Gasteiger partial charge on any atom is 0.134 e. The highest BCUT2D eigenvalue weighted by Crippen LogP contribution is 2.29. The summed E-state index contributed by atoms with van der Waals surface area (Å²) in [6, 6.07) is 9.66. The van der Waals surface area contributed by atoms with Crippen LogP contribution in [-0.4, -0.2) is 17.8 Å². The Morgan fingerprint density at radius 1 is 1.32 bits per heavy atom. The number of halogens is 1. The van der Waals surface area contributed by atoms with Gasteiger partial charge in [-0.05, 0) is 37.6 Å². The zero-order chi connectivity index (χ0) is 13.8. The first-order chi connectivity index (χ1) is 9.08. The lowest BCUT2D eigenvalue weighted by molar-refractivity contribution is 0.190. The van der Waals surface area contributed by atoms with E-state index in [4.69, 9.17) is 16.0 Å². The Hall–Kier alpha value is -1.29. The second-order valence-corrected chi connectivity index (χ2v) is 5.07. The van der Waals surface area contributed by atoms with Crippen LogP contribution in [0.2, 0.25) is 5.02 Å². The molecule has 19 heavy (non-hydrogen) atoms. The highest BCUT2D eigenvalue weighted by molar-refractivity contribution is 6.31. The first kappa shape index (κ1) is 14.1. The summed E-state index contributed by atoms with van der Waals surface area (Å²) in [5.74, 6) is 1.66. The van der Waals surface area contributed by atoms with E-state index >= 15 is 0 Å². The van der Waals surface area contributed by atoms with Gasteiger partial charge in [-0.3, -0.25) is 0 Å². The summed E-state index contributed by atoms with van der Waals surface area (Å²) < 4.78 is 5.78. The molecule has 102 valence electrons. The number of benzene rings is 1. The van der Waals surface area contributed by atoms with Gasteiger partial charge >= 0.3 is 0 Å². The van der Waals surface area contributed by atoms with Gasteiger partial charge in [0.1, 0.15) is 11.5 Å². The highest BCUT2D eigenvalue weighted by Gasteiger charge is 2.09. The van der Waals surface area contributed by atoms with Gasteiger partial charge in [0.2, 0.25) is 0 Å². The Bertz CT molecular complexity index is 549. The van der Waals surface area contributed by atoms with E-state index in [1.165, 1.54) is 0 Å². The monoisotopic (exact) mass is 279 g/mol. The third-order valence-corrected chi connectivity index (χ3v) is 3.34. The van der Waals surface area contributed by atoms with Crippen LogP contribution in [0.15, 0.2) is 34.7 Å². The lowest BCUT2D eigenvalue weighted by atomic mass is 10.1. The molecule has 1 aromatic carbocycles. The summed E-state index contributed by atoms with van der Waals surface area (Å²) in [5, 5.41) is 13.0. The van der Waals surface area contributed by atoms with Gasteiger partial charge in [-0.25, -0.2) is 0 Å². The topological polar surface area (TPSA) is 45.4 Å². The van der Waals surface area contributed by atoms with Gasteiger partial charge in [-0.2, -0.15) is 0 Å². The standard InChI is InChI=1S/C15H18ClNO2/c1-10(18)8-17-9-12-6-7-15(19-12)13-4-3-5-14(16)11(13)2/h3-7,10,17-18H,8-9H2,1-2H3/t10-/m0/s1. The van der Waals surface area contributed by atoms with Crippen molar-refractivity contribution in [1.82, 2.24) is 5.32 Å². The number of furan rings is 1. The molecular weight excluding hydrogens is 262 g/mol. The van der Waals surface area contributed by atoms with Crippen LogP contribution in [0, 0.1) is 6.92 Å². The van der Waals surface area contributed by atoms with Crippen LogP contribution in [0.3, 0.4) is 0 Å². The van der Waals surface area contributed by atoms with Crippen LogP contribution >= 0.6 is 11.6 Å². The summed E-state index contributed by atoms with van der Waals surface area (Å²) in [6.07, 6.45) is -0.357. The van der Waals surface area contributed by atoms with E-state index < -0.39 is 0 Å². The normalized spacial score (nSPS) is 12.6. The maximum atomic E-state index is 9.17. The van der Waals surface area contributed by atoms with Gasteiger partial charge in [-0.1, -0.05) is 23.7 Å². The number of hydrogen-bond acceptors (Lipinski definition) is 3. The Morgan fingerprint density at radius 2 is 2.11 bits per heavy atom. The maximum absolute atomic E-state index is 9.17. The van der Waals surface area contributed by atoms with E-state index in [9.17, 15) is 5.11 Å². The lowest BCUT2D eigenvalue weighted by Gasteiger charge is -2.06. The number of aliphatic hydroxyl groups is 1. The quantitative estimate of drug-likeness (QED) is 0.882. The van der Waals surface area contributed by atoms with Gasteiger partial charge in [0.25, 0.3) is 0 Å². The van der Waals surface area contributed by atoms with Gasteiger partial charge < -0.3 is 14.8 Å². The molecule has 3 nitrogen and oxygen atoms in total. The van der Waals surface area contributed by atoms with Crippen molar-refractivity contribution in [2.75, 3.05) is 6.54 Å². The fraction of sp³-hybridized carbons (Fsp3) is 0.333. The van der Waals surface area contributed by atoms with E-state index in [0.29, 0.717) is 13.1 Å². The van der Waals surface area contributed by atoms with Crippen LogP contribution in [0.25, 0.3) is 11.3 Å². The Kier molecular flexibility index (Phi) is 4.64. The Labute approximate surface area is 118 Å². The molecule has 2 N–H and O–H groups in total. The summed E-state index contributed by atoms with van der Waals surface area (Å²) >= 11 is 6.11. The lowest BCUT2D eigenvalue weighted by Crippen LogP contribution is -2.23. The Balaban J connectivity index is 2.10. The molecule has 1 aromatic heterocycles. The van der Waals surface area contributed by atoms with Crippen LogP contribution in [0.1, 0.15) is 18.2 Å². The van der Waals surface area contributed by atoms with Crippen LogP contribution < -0.4 is 5.32 Å². The van der Waals surface area contributed by atoms with E-state index in [0.717, 1.165) is 27.7 Å². The molecule has 0 radical (unpaired) electrons. The van der Waals surface area contributed by atoms with Crippen molar-refractivity contribution >= 4 is 11.6 Å². The zero-order valence-electron chi connectivity index (χ0n) is 11.1. The van der Waals surface area contributed by atoms with Crippen LogP contribution in [0.4, 0.5) is 0 Å². The molecule has 0 spiro atoms. The second-order valence-electron chi connectivity index (χ2n) is 4.66. The third kappa shape index (κ3) is 3.60. The van der Waals surface area contributed by atoms with Crippen LogP contribution in [0.5, 0.6) is 0 Å². The summed E-state index contributed by atoms with van der Waals surface area (Å²) in [4.78, 5) is 0. The number of rotatable bonds is 5. The fourth-order valence-corrected chi connectivity index (χ4v) is 2.07. The zero-order valence-corrected chi connectivity index (χ0v) is 11.9. The van der Waals surface area contributed by atoms with Crippen molar-refractivity contribution in [3.63, 3.8) is 0 Å². The van der Waals surface area contributed by atoms with Crippen molar-refractivity contribution in [2.24, 2.45) is 0 Å². The molecule has 0 unspecified atom stereocenters. The van der Waals surface area contributed by atoms with E-state index in [2.05, 4.69) is 5.32 Å². The molecule has 0 saturated heterocycles. The molecular formula is C15H18ClNO2. The van der Waals surface area contributed by atoms with Crippen molar-refractivity contribution in [3.05, 3.63) is 46.7 Å². The SMILES string of the molecule is Cc1c(Cl)cccc1-c1ccc(CNC[C@H](C)O)o1.